The van der Waals surface area contributed by atoms with E-state index in [1.165, 1.54) is 24.8 Å². The maximum atomic E-state index is 5.08. The van der Waals surface area contributed by atoms with E-state index in [4.69, 9.17) is 4.74 Å². The molecule has 0 saturated heterocycles. The van der Waals surface area contributed by atoms with Gasteiger partial charge < -0.3 is 10.1 Å². The molecule has 0 aliphatic heterocycles. The first kappa shape index (κ1) is 13.5. The Morgan fingerprint density at radius 1 is 1.39 bits per heavy atom. The average molecular weight is 248 g/mol. The molecule has 1 fully saturated rings. The van der Waals surface area contributed by atoms with Gasteiger partial charge in [-0.15, -0.1) is 0 Å². The zero-order chi connectivity index (χ0) is 12.8. The van der Waals surface area contributed by atoms with Crippen molar-refractivity contribution in [1.82, 2.24) is 10.3 Å². The van der Waals surface area contributed by atoms with Crippen LogP contribution < -0.4 is 5.32 Å². The van der Waals surface area contributed by atoms with Crippen LogP contribution in [0.1, 0.15) is 31.7 Å². The van der Waals surface area contributed by atoms with E-state index in [0.717, 1.165) is 25.6 Å². The molecular formula is C15H24N2O. The van der Waals surface area contributed by atoms with Crippen LogP contribution in [0.15, 0.2) is 24.5 Å². The summed E-state index contributed by atoms with van der Waals surface area (Å²) >= 11 is 0. The molecule has 100 valence electrons. The molecule has 1 aliphatic rings. The minimum atomic E-state index is 0.331. The van der Waals surface area contributed by atoms with Gasteiger partial charge >= 0.3 is 0 Å². The summed E-state index contributed by atoms with van der Waals surface area (Å²) in [6.07, 6.45) is 7.71. The van der Waals surface area contributed by atoms with Crippen LogP contribution in [0.25, 0.3) is 0 Å². The van der Waals surface area contributed by atoms with Gasteiger partial charge in [-0.2, -0.15) is 0 Å². The van der Waals surface area contributed by atoms with Gasteiger partial charge in [0.2, 0.25) is 0 Å². The van der Waals surface area contributed by atoms with Gasteiger partial charge in [-0.05, 0) is 36.5 Å². The van der Waals surface area contributed by atoms with Gasteiger partial charge in [0.05, 0.1) is 6.61 Å². The largest absolute Gasteiger partial charge is 0.383 e. The highest BCUT2D eigenvalue weighted by Gasteiger charge is 2.43. The molecule has 1 heterocycles. The summed E-state index contributed by atoms with van der Waals surface area (Å²) in [5, 5.41) is 3.53. The predicted molar refractivity (Wildman–Crippen MR) is 73.7 cm³/mol. The maximum Gasteiger partial charge on any atom is 0.0587 e. The Labute approximate surface area is 110 Å². The lowest BCUT2D eigenvalue weighted by molar-refractivity contribution is 0.128. The van der Waals surface area contributed by atoms with Gasteiger partial charge in [0.25, 0.3) is 0 Å². The summed E-state index contributed by atoms with van der Waals surface area (Å²) in [6, 6.07) is 4.34. The summed E-state index contributed by atoms with van der Waals surface area (Å²) in [4.78, 5) is 4.13. The molecule has 1 aromatic heterocycles. The van der Waals surface area contributed by atoms with Gasteiger partial charge in [-0.25, -0.2) is 0 Å². The Bertz CT molecular complexity index is 347. The number of nitrogens with one attached hydrogen (secondary N) is 1. The molecule has 1 N–H and O–H groups in total. The molecule has 3 heteroatoms. The van der Waals surface area contributed by atoms with Crippen molar-refractivity contribution in [1.29, 1.82) is 0 Å². The van der Waals surface area contributed by atoms with Crippen LogP contribution in [-0.2, 0) is 10.2 Å². The van der Waals surface area contributed by atoms with Crippen molar-refractivity contribution < 1.29 is 4.74 Å². The summed E-state index contributed by atoms with van der Waals surface area (Å²) in [5.41, 5.74) is 1.77. The lowest BCUT2D eigenvalue weighted by Crippen LogP contribution is -2.49. The normalized spacial score (nSPS) is 26.9. The Morgan fingerprint density at radius 2 is 2.11 bits per heavy atom. The van der Waals surface area contributed by atoms with Gasteiger partial charge in [0.15, 0.2) is 0 Å². The van der Waals surface area contributed by atoms with Crippen molar-refractivity contribution in [3.05, 3.63) is 30.1 Å². The number of hydrogen-bond donors (Lipinski definition) is 1. The number of ether oxygens (including phenoxy) is 1. The van der Waals surface area contributed by atoms with Crippen molar-refractivity contribution in [3.8, 4) is 0 Å². The third kappa shape index (κ3) is 2.90. The van der Waals surface area contributed by atoms with Crippen molar-refractivity contribution in [2.75, 3.05) is 26.8 Å². The lowest BCUT2D eigenvalue weighted by atomic mass is 9.58. The van der Waals surface area contributed by atoms with Crippen LogP contribution in [0.5, 0.6) is 0 Å². The Hall–Kier alpha value is -0.930. The third-order valence-corrected chi connectivity index (χ3v) is 4.18. The second-order valence-corrected chi connectivity index (χ2v) is 5.37. The summed E-state index contributed by atoms with van der Waals surface area (Å²) < 4.78 is 5.08. The van der Waals surface area contributed by atoms with Gasteiger partial charge in [0.1, 0.15) is 0 Å². The molecule has 2 rings (SSSR count). The Morgan fingerprint density at radius 3 is 2.72 bits per heavy atom. The van der Waals surface area contributed by atoms with E-state index in [2.05, 4.69) is 29.4 Å². The molecule has 1 aromatic rings. The van der Waals surface area contributed by atoms with Gasteiger partial charge in [0, 0.05) is 38.0 Å². The van der Waals surface area contributed by atoms with Crippen molar-refractivity contribution >= 4 is 0 Å². The van der Waals surface area contributed by atoms with E-state index >= 15 is 0 Å². The molecule has 0 radical (unpaired) electrons. The fraction of sp³-hybridized carbons (Fsp3) is 0.667. The summed E-state index contributed by atoms with van der Waals surface area (Å²) in [5.74, 6) is 0.891. The second-order valence-electron chi connectivity index (χ2n) is 5.37. The number of rotatable bonds is 7. The standard InChI is InChI=1S/C15H24N2O/c1-3-13-10-15(11-13,12-17-8-9-18-2)14-4-6-16-7-5-14/h4-7,13,17H,3,8-12H2,1-2H3. The van der Waals surface area contributed by atoms with E-state index in [9.17, 15) is 0 Å². The smallest absolute Gasteiger partial charge is 0.0587 e. The van der Waals surface area contributed by atoms with Crippen molar-refractivity contribution in [2.45, 2.75) is 31.6 Å². The minimum Gasteiger partial charge on any atom is -0.383 e. The molecule has 18 heavy (non-hydrogen) atoms. The maximum absolute atomic E-state index is 5.08. The number of nitrogens with zero attached hydrogens (tertiary/aromatic N) is 1. The van der Waals surface area contributed by atoms with Crippen LogP contribution in [-0.4, -0.2) is 31.8 Å². The Kier molecular flexibility index (Phi) is 4.72. The number of methoxy groups -OCH3 is 1. The highest BCUT2D eigenvalue weighted by atomic mass is 16.5. The molecular weight excluding hydrogens is 224 g/mol. The van der Waals surface area contributed by atoms with Crippen LogP contribution in [0.4, 0.5) is 0 Å². The summed E-state index contributed by atoms with van der Waals surface area (Å²) in [7, 11) is 1.75. The van der Waals surface area contributed by atoms with Crippen LogP contribution in [0.2, 0.25) is 0 Å². The summed E-state index contributed by atoms with van der Waals surface area (Å²) in [6.45, 7) is 5.06. The molecule has 1 aliphatic carbocycles. The highest BCUT2D eigenvalue weighted by Crippen LogP contribution is 2.48. The quantitative estimate of drug-likeness (QED) is 0.752. The molecule has 0 aromatic carbocycles. The highest BCUT2D eigenvalue weighted by molar-refractivity contribution is 5.27. The first-order chi connectivity index (χ1) is 8.80. The van der Waals surface area contributed by atoms with E-state index < -0.39 is 0 Å². The fourth-order valence-electron chi connectivity index (χ4n) is 3.02. The van der Waals surface area contributed by atoms with E-state index in [1.807, 2.05) is 12.4 Å². The molecule has 0 unspecified atom stereocenters. The first-order valence-electron chi connectivity index (χ1n) is 6.91. The van der Waals surface area contributed by atoms with E-state index in [-0.39, 0.29) is 0 Å². The van der Waals surface area contributed by atoms with Crippen LogP contribution in [0, 0.1) is 5.92 Å². The fourth-order valence-corrected chi connectivity index (χ4v) is 3.02. The monoisotopic (exact) mass is 248 g/mol. The minimum absolute atomic E-state index is 0.331. The Balaban J connectivity index is 1.97. The zero-order valence-corrected chi connectivity index (χ0v) is 11.5. The molecule has 0 amide bonds. The average Bonchev–Trinajstić information content (AvgIpc) is 2.38. The third-order valence-electron chi connectivity index (χ3n) is 4.18. The van der Waals surface area contributed by atoms with Crippen LogP contribution >= 0.6 is 0 Å². The molecule has 0 bridgehead atoms. The van der Waals surface area contributed by atoms with Crippen LogP contribution in [0.3, 0.4) is 0 Å². The van der Waals surface area contributed by atoms with Crippen molar-refractivity contribution in [2.24, 2.45) is 5.92 Å². The van der Waals surface area contributed by atoms with Gasteiger partial charge in [-0.3, -0.25) is 4.98 Å². The van der Waals surface area contributed by atoms with Crippen molar-refractivity contribution in [3.63, 3.8) is 0 Å². The lowest BCUT2D eigenvalue weighted by Gasteiger charge is -2.48. The topological polar surface area (TPSA) is 34.1 Å². The van der Waals surface area contributed by atoms with E-state index in [0.29, 0.717) is 5.41 Å². The molecule has 3 nitrogen and oxygen atoms in total. The second kappa shape index (κ2) is 6.30. The molecule has 0 spiro atoms. The SMILES string of the molecule is CCC1CC(CNCCOC)(c2ccncc2)C1. The predicted octanol–water partition coefficient (Wildman–Crippen LogP) is 2.38. The van der Waals surface area contributed by atoms with Gasteiger partial charge in [-0.1, -0.05) is 13.3 Å². The molecule has 0 atom stereocenters. The number of pyridine rings is 1. The zero-order valence-electron chi connectivity index (χ0n) is 11.5. The van der Waals surface area contributed by atoms with E-state index in [1.54, 1.807) is 7.11 Å². The first-order valence-corrected chi connectivity index (χ1v) is 6.91. The number of hydrogen-bond acceptors (Lipinski definition) is 3. The number of aromatic nitrogens is 1. The molecule has 1 saturated carbocycles.